The Morgan fingerprint density at radius 1 is 1.16 bits per heavy atom. The van der Waals surface area contributed by atoms with Crippen molar-refractivity contribution in [1.82, 2.24) is 0 Å². The van der Waals surface area contributed by atoms with Crippen molar-refractivity contribution >= 4 is 31.9 Å². The summed E-state index contributed by atoms with van der Waals surface area (Å²) in [5.41, 5.74) is 1.80. The molecular formula is C15H13Br2FO. The molecule has 2 aromatic carbocycles. The smallest absolute Gasteiger partial charge is 0.128 e. The van der Waals surface area contributed by atoms with Gasteiger partial charge in [-0.2, -0.15) is 0 Å². The number of rotatable bonds is 4. The summed E-state index contributed by atoms with van der Waals surface area (Å²) in [7, 11) is 1.64. The van der Waals surface area contributed by atoms with Crippen molar-refractivity contribution in [2.75, 3.05) is 7.11 Å². The van der Waals surface area contributed by atoms with E-state index < -0.39 is 0 Å². The minimum absolute atomic E-state index is 0.0472. The molecular weight excluding hydrogens is 375 g/mol. The third-order valence-electron chi connectivity index (χ3n) is 2.87. The predicted molar refractivity (Wildman–Crippen MR) is 82.5 cm³/mol. The van der Waals surface area contributed by atoms with E-state index >= 15 is 0 Å². The van der Waals surface area contributed by atoms with E-state index in [1.807, 2.05) is 30.3 Å². The zero-order chi connectivity index (χ0) is 13.8. The van der Waals surface area contributed by atoms with Gasteiger partial charge in [0.15, 0.2) is 0 Å². The molecule has 2 aromatic rings. The number of hydrogen-bond donors (Lipinski definition) is 0. The molecule has 0 aromatic heterocycles. The van der Waals surface area contributed by atoms with Crippen LogP contribution in [0.5, 0.6) is 5.75 Å². The summed E-state index contributed by atoms with van der Waals surface area (Å²) in [6, 6.07) is 12.9. The van der Waals surface area contributed by atoms with Gasteiger partial charge in [-0.3, -0.25) is 0 Å². The fraction of sp³-hybridized carbons (Fsp3) is 0.200. The van der Waals surface area contributed by atoms with Crippen LogP contribution in [0.2, 0.25) is 0 Å². The van der Waals surface area contributed by atoms with Gasteiger partial charge in [-0.05, 0) is 36.2 Å². The lowest BCUT2D eigenvalue weighted by Gasteiger charge is -2.12. The van der Waals surface area contributed by atoms with Gasteiger partial charge in [0.05, 0.1) is 7.11 Å². The maximum atomic E-state index is 13.8. The molecule has 0 saturated heterocycles. The Labute approximate surface area is 129 Å². The second kappa shape index (κ2) is 6.53. The van der Waals surface area contributed by atoms with Crippen LogP contribution in [0.15, 0.2) is 46.9 Å². The van der Waals surface area contributed by atoms with Crippen molar-refractivity contribution in [1.29, 1.82) is 0 Å². The Morgan fingerprint density at radius 2 is 1.84 bits per heavy atom. The molecule has 0 aliphatic carbocycles. The Bertz CT molecular complexity index is 555. The molecule has 1 unspecified atom stereocenters. The predicted octanol–water partition coefficient (Wildman–Crippen LogP) is 5.28. The molecule has 0 spiro atoms. The molecule has 0 amide bonds. The van der Waals surface area contributed by atoms with Gasteiger partial charge in [0, 0.05) is 14.9 Å². The van der Waals surface area contributed by atoms with Crippen molar-refractivity contribution in [3.63, 3.8) is 0 Å². The van der Waals surface area contributed by atoms with E-state index in [2.05, 4.69) is 31.9 Å². The summed E-state index contributed by atoms with van der Waals surface area (Å²) in [4.78, 5) is -0.0472. The first-order valence-electron chi connectivity index (χ1n) is 5.82. The van der Waals surface area contributed by atoms with Crippen LogP contribution in [0.3, 0.4) is 0 Å². The summed E-state index contributed by atoms with van der Waals surface area (Å²) in [6.45, 7) is 0. The summed E-state index contributed by atoms with van der Waals surface area (Å²) in [5, 5.41) is 0. The van der Waals surface area contributed by atoms with Crippen LogP contribution in [0.4, 0.5) is 4.39 Å². The van der Waals surface area contributed by atoms with Gasteiger partial charge in [0.25, 0.3) is 0 Å². The number of benzene rings is 2. The number of methoxy groups -OCH3 is 1. The molecule has 100 valence electrons. The lowest BCUT2D eigenvalue weighted by atomic mass is 10.0. The van der Waals surface area contributed by atoms with Crippen molar-refractivity contribution in [2.24, 2.45) is 0 Å². The number of ether oxygens (including phenoxy) is 1. The molecule has 0 bridgehead atoms. The molecule has 19 heavy (non-hydrogen) atoms. The minimum Gasteiger partial charge on any atom is -0.497 e. The molecule has 0 aliphatic rings. The quantitative estimate of drug-likeness (QED) is 0.649. The molecule has 0 fully saturated rings. The van der Waals surface area contributed by atoms with E-state index in [4.69, 9.17) is 4.74 Å². The van der Waals surface area contributed by atoms with Crippen molar-refractivity contribution < 1.29 is 9.13 Å². The first-order valence-corrected chi connectivity index (χ1v) is 7.53. The van der Waals surface area contributed by atoms with Crippen LogP contribution in [0.1, 0.15) is 16.0 Å². The average Bonchev–Trinajstić information content (AvgIpc) is 2.39. The lowest BCUT2D eigenvalue weighted by molar-refractivity contribution is 0.414. The van der Waals surface area contributed by atoms with Gasteiger partial charge in [-0.1, -0.05) is 50.1 Å². The second-order valence-electron chi connectivity index (χ2n) is 4.19. The zero-order valence-electron chi connectivity index (χ0n) is 10.4. The first kappa shape index (κ1) is 14.5. The SMILES string of the molecule is COc1ccc(CC(Br)c2ccc(Br)cc2F)cc1. The molecule has 4 heteroatoms. The fourth-order valence-electron chi connectivity index (χ4n) is 1.83. The summed E-state index contributed by atoms with van der Waals surface area (Å²) in [5.74, 6) is 0.620. The Morgan fingerprint density at radius 3 is 2.42 bits per heavy atom. The molecule has 0 N–H and O–H groups in total. The lowest BCUT2D eigenvalue weighted by Crippen LogP contribution is -1.98. The number of halogens is 3. The summed E-state index contributed by atoms with van der Waals surface area (Å²) >= 11 is 6.81. The highest BCUT2D eigenvalue weighted by atomic mass is 79.9. The molecule has 2 rings (SSSR count). The standard InChI is InChI=1S/C15H13Br2FO/c1-19-12-5-2-10(3-6-12)8-14(17)13-7-4-11(16)9-15(13)18/h2-7,9,14H,8H2,1H3. The summed E-state index contributed by atoms with van der Waals surface area (Å²) in [6.07, 6.45) is 0.725. The molecule has 0 heterocycles. The highest BCUT2D eigenvalue weighted by Gasteiger charge is 2.13. The maximum absolute atomic E-state index is 13.8. The Hall–Kier alpha value is -0.870. The van der Waals surface area contributed by atoms with Gasteiger partial charge in [-0.15, -0.1) is 0 Å². The van der Waals surface area contributed by atoms with Crippen molar-refractivity contribution in [3.8, 4) is 5.75 Å². The Balaban J connectivity index is 2.13. The second-order valence-corrected chi connectivity index (χ2v) is 6.21. The molecule has 0 aliphatic heterocycles. The van der Waals surface area contributed by atoms with E-state index in [9.17, 15) is 4.39 Å². The Kier molecular flexibility index (Phi) is 4.99. The van der Waals surface area contributed by atoms with Crippen molar-refractivity contribution in [2.45, 2.75) is 11.2 Å². The van der Waals surface area contributed by atoms with E-state index in [0.717, 1.165) is 22.2 Å². The highest BCUT2D eigenvalue weighted by Crippen LogP contribution is 2.30. The largest absolute Gasteiger partial charge is 0.497 e. The molecule has 1 nitrogen and oxygen atoms in total. The first-order chi connectivity index (χ1) is 9.10. The van der Waals surface area contributed by atoms with Gasteiger partial charge in [-0.25, -0.2) is 4.39 Å². The monoisotopic (exact) mass is 386 g/mol. The zero-order valence-corrected chi connectivity index (χ0v) is 13.5. The van der Waals surface area contributed by atoms with Crippen LogP contribution in [-0.2, 0) is 6.42 Å². The third-order valence-corrected chi connectivity index (χ3v) is 4.18. The van der Waals surface area contributed by atoms with Crippen LogP contribution in [0, 0.1) is 5.82 Å². The molecule has 0 radical (unpaired) electrons. The van der Waals surface area contributed by atoms with E-state index in [1.165, 1.54) is 6.07 Å². The highest BCUT2D eigenvalue weighted by molar-refractivity contribution is 9.10. The van der Waals surface area contributed by atoms with E-state index in [1.54, 1.807) is 13.2 Å². The number of alkyl halides is 1. The van der Waals surface area contributed by atoms with Crippen LogP contribution in [-0.4, -0.2) is 7.11 Å². The molecule has 1 atom stereocenters. The minimum atomic E-state index is -0.204. The topological polar surface area (TPSA) is 9.23 Å². The molecule has 0 saturated carbocycles. The van der Waals surface area contributed by atoms with Crippen LogP contribution < -0.4 is 4.74 Å². The fourth-order valence-corrected chi connectivity index (χ4v) is 2.91. The van der Waals surface area contributed by atoms with Gasteiger partial charge < -0.3 is 4.74 Å². The van der Waals surface area contributed by atoms with Crippen molar-refractivity contribution in [3.05, 3.63) is 63.9 Å². The van der Waals surface area contributed by atoms with Crippen LogP contribution in [0.25, 0.3) is 0 Å². The van der Waals surface area contributed by atoms with Gasteiger partial charge in [0.1, 0.15) is 11.6 Å². The summed E-state index contributed by atoms with van der Waals surface area (Å²) < 4.78 is 19.7. The normalized spacial score (nSPS) is 12.2. The average molecular weight is 388 g/mol. The number of hydrogen-bond acceptors (Lipinski definition) is 1. The maximum Gasteiger partial charge on any atom is 0.128 e. The van der Waals surface area contributed by atoms with E-state index in [0.29, 0.717) is 5.56 Å². The third kappa shape index (κ3) is 3.80. The van der Waals surface area contributed by atoms with Crippen LogP contribution >= 0.6 is 31.9 Å². The van der Waals surface area contributed by atoms with E-state index in [-0.39, 0.29) is 10.6 Å². The van der Waals surface area contributed by atoms with Gasteiger partial charge >= 0.3 is 0 Å². The van der Waals surface area contributed by atoms with Gasteiger partial charge in [0.2, 0.25) is 0 Å².